The molecule has 0 fully saturated rings. The number of nitrogens with zero attached hydrogens (tertiary/aromatic N) is 3. The molecule has 4 rings (SSSR count). The number of aromatic amines is 1. The summed E-state index contributed by atoms with van der Waals surface area (Å²) in [6.45, 7) is 0.246. The van der Waals surface area contributed by atoms with Crippen molar-refractivity contribution in [2.45, 2.75) is 16.5 Å². The summed E-state index contributed by atoms with van der Waals surface area (Å²) < 4.78 is 0. The number of para-hydroxylation sites is 1. The van der Waals surface area contributed by atoms with Gasteiger partial charge in [-0.25, -0.2) is 9.97 Å². The number of nitrogens with two attached hydrogens (primary N) is 2. The van der Waals surface area contributed by atoms with E-state index in [9.17, 15) is 19.7 Å². The topological polar surface area (TPSA) is 183 Å². The first-order valence-electron chi connectivity index (χ1n) is 9.55. The smallest absolute Gasteiger partial charge is 0.274 e. The molecule has 12 heteroatoms. The number of nitro groups is 1. The van der Waals surface area contributed by atoms with Crippen molar-refractivity contribution in [2.24, 2.45) is 5.73 Å². The van der Waals surface area contributed by atoms with Gasteiger partial charge < -0.3 is 21.8 Å². The predicted molar refractivity (Wildman–Crippen MR) is 122 cm³/mol. The molecule has 2 aromatic heterocycles. The molecule has 6 N–H and O–H groups in total. The minimum Gasteiger partial charge on any atom is -0.382 e. The van der Waals surface area contributed by atoms with Crippen molar-refractivity contribution in [1.82, 2.24) is 20.3 Å². The molecule has 0 saturated heterocycles. The highest BCUT2D eigenvalue weighted by molar-refractivity contribution is 7.99. The molecular formula is C21H17N7O4S. The number of nitro benzene ring substituents is 1. The third-order valence-corrected chi connectivity index (χ3v) is 5.74. The summed E-state index contributed by atoms with van der Waals surface area (Å²) in [5.74, 6) is -1.41. The van der Waals surface area contributed by atoms with Crippen molar-refractivity contribution in [3.8, 4) is 0 Å². The van der Waals surface area contributed by atoms with Gasteiger partial charge in [0.15, 0.2) is 11.5 Å². The van der Waals surface area contributed by atoms with Gasteiger partial charge in [-0.3, -0.25) is 19.7 Å². The van der Waals surface area contributed by atoms with Crippen LogP contribution in [0, 0.1) is 10.1 Å². The molecule has 11 nitrogen and oxygen atoms in total. The first kappa shape index (κ1) is 21.8. The van der Waals surface area contributed by atoms with Crippen LogP contribution in [0.25, 0.3) is 10.9 Å². The van der Waals surface area contributed by atoms with E-state index in [1.54, 1.807) is 0 Å². The molecule has 2 amide bonds. The highest BCUT2D eigenvalue weighted by Gasteiger charge is 2.19. The molecule has 4 aromatic rings. The van der Waals surface area contributed by atoms with Gasteiger partial charge in [-0.1, -0.05) is 30.0 Å². The number of carbonyl (C=O) groups excluding carboxylic acids is 2. The number of anilines is 1. The van der Waals surface area contributed by atoms with Crippen LogP contribution in [0.3, 0.4) is 0 Å². The zero-order valence-electron chi connectivity index (χ0n) is 16.9. The van der Waals surface area contributed by atoms with Gasteiger partial charge in [0.1, 0.15) is 5.03 Å². The van der Waals surface area contributed by atoms with Crippen molar-refractivity contribution >= 4 is 46.0 Å². The van der Waals surface area contributed by atoms with Gasteiger partial charge >= 0.3 is 0 Å². The number of benzene rings is 2. The molecule has 33 heavy (non-hydrogen) atoms. The van der Waals surface area contributed by atoms with Crippen LogP contribution in [0.2, 0.25) is 0 Å². The third-order valence-electron chi connectivity index (χ3n) is 4.76. The Morgan fingerprint density at radius 2 is 2.00 bits per heavy atom. The summed E-state index contributed by atoms with van der Waals surface area (Å²) >= 11 is 0.983. The summed E-state index contributed by atoms with van der Waals surface area (Å²) in [4.78, 5) is 46.6. The fourth-order valence-electron chi connectivity index (χ4n) is 3.16. The Morgan fingerprint density at radius 1 is 1.21 bits per heavy atom. The second-order valence-electron chi connectivity index (χ2n) is 6.89. The molecule has 0 saturated carbocycles. The van der Waals surface area contributed by atoms with Crippen LogP contribution in [0.1, 0.15) is 26.4 Å². The first-order valence-corrected chi connectivity index (χ1v) is 10.4. The lowest BCUT2D eigenvalue weighted by atomic mass is 10.2. The quantitative estimate of drug-likeness (QED) is 0.238. The summed E-state index contributed by atoms with van der Waals surface area (Å²) in [6.07, 6.45) is 3.15. The maximum atomic E-state index is 12.7. The average molecular weight is 463 g/mol. The van der Waals surface area contributed by atoms with Crippen LogP contribution in [0.5, 0.6) is 0 Å². The normalized spacial score (nSPS) is 10.8. The molecule has 0 atom stereocenters. The van der Waals surface area contributed by atoms with Crippen molar-refractivity contribution < 1.29 is 14.5 Å². The zero-order valence-corrected chi connectivity index (χ0v) is 17.8. The van der Waals surface area contributed by atoms with E-state index in [4.69, 9.17) is 11.5 Å². The lowest BCUT2D eigenvalue weighted by molar-refractivity contribution is -0.384. The second-order valence-corrected chi connectivity index (χ2v) is 7.95. The number of nitrogens with one attached hydrogen (secondary N) is 2. The molecule has 166 valence electrons. The number of primary amides is 1. The monoisotopic (exact) mass is 463 g/mol. The van der Waals surface area contributed by atoms with Gasteiger partial charge in [-0.15, -0.1) is 0 Å². The number of hydrogen-bond donors (Lipinski definition) is 4. The van der Waals surface area contributed by atoms with E-state index in [1.165, 1.54) is 18.3 Å². The van der Waals surface area contributed by atoms with Crippen molar-refractivity contribution in [1.29, 1.82) is 0 Å². The lowest BCUT2D eigenvalue weighted by Crippen LogP contribution is -2.25. The van der Waals surface area contributed by atoms with E-state index >= 15 is 0 Å². The molecule has 2 heterocycles. The largest absolute Gasteiger partial charge is 0.382 e. The number of H-pyrrole nitrogens is 1. The number of fused-ring (bicyclic) bond motifs is 1. The van der Waals surface area contributed by atoms with Crippen LogP contribution >= 0.6 is 11.8 Å². The van der Waals surface area contributed by atoms with Crippen LogP contribution in [-0.4, -0.2) is 31.7 Å². The van der Waals surface area contributed by atoms with Gasteiger partial charge in [0.05, 0.1) is 16.7 Å². The molecule has 0 unspecified atom stereocenters. The van der Waals surface area contributed by atoms with E-state index in [1.807, 2.05) is 30.5 Å². The van der Waals surface area contributed by atoms with Gasteiger partial charge in [-0.2, -0.15) is 0 Å². The first-order chi connectivity index (χ1) is 15.8. The van der Waals surface area contributed by atoms with E-state index < -0.39 is 16.7 Å². The molecule has 0 radical (unpaired) electrons. The van der Waals surface area contributed by atoms with Crippen molar-refractivity contribution in [3.05, 3.63) is 81.8 Å². The fraction of sp³-hybridized carbons (Fsp3) is 0.0476. The van der Waals surface area contributed by atoms with Crippen LogP contribution < -0.4 is 16.8 Å². The van der Waals surface area contributed by atoms with E-state index in [0.29, 0.717) is 4.90 Å². The highest BCUT2D eigenvalue weighted by Crippen LogP contribution is 2.31. The Labute approximate surface area is 190 Å². The van der Waals surface area contributed by atoms with Crippen LogP contribution in [0.15, 0.2) is 64.8 Å². The molecular weight excluding hydrogens is 446 g/mol. The van der Waals surface area contributed by atoms with Gasteiger partial charge in [0.2, 0.25) is 5.91 Å². The van der Waals surface area contributed by atoms with Gasteiger partial charge in [-0.05, 0) is 17.7 Å². The number of carbonyl (C=O) groups is 2. The highest BCUT2D eigenvalue weighted by atomic mass is 32.2. The molecule has 0 aliphatic rings. The Morgan fingerprint density at radius 3 is 2.76 bits per heavy atom. The molecule has 0 spiro atoms. The van der Waals surface area contributed by atoms with E-state index in [-0.39, 0.29) is 34.3 Å². The number of aromatic nitrogens is 3. The number of non-ortho nitro benzene ring substituents is 1. The number of hydrogen-bond acceptors (Lipinski definition) is 8. The molecule has 0 bridgehead atoms. The van der Waals surface area contributed by atoms with E-state index in [2.05, 4.69) is 20.3 Å². The summed E-state index contributed by atoms with van der Waals surface area (Å²) in [6, 6.07) is 11.4. The van der Waals surface area contributed by atoms with Crippen LogP contribution in [-0.2, 0) is 6.54 Å². The summed E-state index contributed by atoms with van der Waals surface area (Å²) in [7, 11) is 0. The van der Waals surface area contributed by atoms with E-state index in [0.717, 1.165) is 34.3 Å². The standard InChI is InChI=1S/C21H17N7O4S/c22-19-18(21(30)26-9-11-8-24-15-4-2-1-3-13(11)15)27-17(10-25-19)33-16-6-5-12(28(31)32)7-14(16)20(23)29/h1-8,10,24H,9H2,(H2,22,25)(H2,23,29)(H,26,30). The van der Waals surface area contributed by atoms with Gasteiger partial charge in [0, 0.05) is 40.7 Å². The Balaban J connectivity index is 1.55. The third kappa shape index (κ3) is 4.60. The van der Waals surface area contributed by atoms with Crippen molar-refractivity contribution in [3.63, 3.8) is 0 Å². The SMILES string of the molecule is NC(=O)c1cc([N+](=O)[O-])ccc1Sc1cnc(N)c(C(=O)NCc2c[nH]c3ccccc23)n1. The fourth-order valence-corrected chi connectivity index (χ4v) is 4.03. The lowest BCUT2D eigenvalue weighted by Gasteiger charge is -2.09. The number of nitrogen functional groups attached to an aromatic ring is 1. The van der Waals surface area contributed by atoms with Crippen molar-refractivity contribution in [2.75, 3.05) is 5.73 Å². The molecule has 2 aromatic carbocycles. The predicted octanol–water partition coefficient (Wildman–Crippen LogP) is 2.63. The Hall–Kier alpha value is -4.45. The molecule has 0 aliphatic carbocycles. The maximum absolute atomic E-state index is 12.7. The summed E-state index contributed by atoms with van der Waals surface area (Å²) in [5.41, 5.74) is 12.7. The average Bonchev–Trinajstić information content (AvgIpc) is 3.21. The number of amides is 2. The number of rotatable bonds is 7. The Kier molecular flexibility index (Phi) is 5.91. The van der Waals surface area contributed by atoms with Gasteiger partial charge in [0.25, 0.3) is 11.6 Å². The summed E-state index contributed by atoms with van der Waals surface area (Å²) in [5, 5.41) is 15.0. The minimum absolute atomic E-state index is 0.0434. The maximum Gasteiger partial charge on any atom is 0.274 e. The zero-order chi connectivity index (χ0) is 23.5. The Bertz CT molecular complexity index is 1400. The van der Waals surface area contributed by atoms with Crippen LogP contribution in [0.4, 0.5) is 11.5 Å². The molecule has 0 aliphatic heterocycles. The second kappa shape index (κ2) is 8.96. The minimum atomic E-state index is -0.832.